The van der Waals surface area contributed by atoms with E-state index in [-0.39, 0.29) is 18.1 Å². The van der Waals surface area contributed by atoms with Gasteiger partial charge in [-0.15, -0.1) is 0 Å². The molecule has 1 N–H and O–H groups in total. The van der Waals surface area contributed by atoms with Crippen LogP contribution in [-0.2, 0) is 22.5 Å². The van der Waals surface area contributed by atoms with Crippen molar-refractivity contribution in [2.24, 2.45) is 5.92 Å². The van der Waals surface area contributed by atoms with Crippen molar-refractivity contribution in [3.8, 4) is 0 Å². The molecule has 8 heteroatoms. The number of hydrogen-bond acceptors (Lipinski definition) is 5. The molecule has 0 aromatic carbocycles. The third-order valence-electron chi connectivity index (χ3n) is 7.33. The highest BCUT2D eigenvalue weighted by molar-refractivity contribution is 5.77. The van der Waals surface area contributed by atoms with E-state index < -0.39 is 0 Å². The fourth-order valence-corrected chi connectivity index (χ4v) is 5.46. The molecule has 0 unspecified atom stereocenters. The van der Waals surface area contributed by atoms with E-state index in [0.29, 0.717) is 42.3 Å². The Morgan fingerprint density at radius 2 is 2.06 bits per heavy atom. The third-order valence-corrected chi connectivity index (χ3v) is 7.33. The number of carbonyl (C=O) groups is 1. The number of nitrogens with one attached hydrogen (secondary N) is 1. The maximum absolute atomic E-state index is 13.1. The summed E-state index contributed by atoms with van der Waals surface area (Å²) in [6.07, 6.45) is 11.1. The quantitative estimate of drug-likeness (QED) is 0.722. The van der Waals surface area contributed by atoms with Gasteiger partial charge in [0.15, 0.2) is 5.65 Å². The number of amides is 1. The Hall–Kier alpha value is -2.45. The molecule has 1 aliphatic carbocycles. The molecule has 32 heavy (non-hydrogen) atoms. The summed E-state index contributed by atoms with van der Waals surface area (Å²) >= 11 is 0. The molecule has 1 atom stereocenters. The van der Waals surface area contributed by atoms with E-state index in [1.165, 1.54) is 32.9 Å². The molecule has 0 saturated carbocycles. The number of hydrogen-bond donors (Lipinski definition) is 1. The largest absolute Gasteiger partial charge is 0.375 e. The Morgan fingerprint density at radius 3 is 2.81 bits per heavy atom. The summed E-state index contributed by atoms with van der Waals surface area (Å²) in [7, 11) is 1.52. The summed E-state index contributed by atoms with van der Waals surface area (Å²) in [4.78, 5) is 34.4. The summed E-state index contributed by atoms with van der Waals surface area (Å²) in [6, 6.07) is 2.03. The van der Waals surface area contributed by atoms with Crippen molar-refractivity contribution < 1.29 is 9.53 Å². The second-order valence-corrected chi connectivity index (χ2v) is 9.47. The second kappa shape index (κ2) is 9.19. The number of nitrogens with zero attached hydrogens (tertiary/aromatic N) is 4. The predicted molar refractivity (Wildman–Crippen MR) is 122 cm³/mol. The van der Waals surface area contributed by atoms with Crippen molar-refractivity contribution in [2.75, 3.05) is 39.9 Å². The normalized spacial score (nSPS) is 22.4. The number of aromatic nitrogens is 3. The van der Waals surface area contributed by atoms with E-state index in [4.69, 9.17) is 9.72 Å². The molecule has 8 nitrogen and oxygen atoms in total. The Morgan fingerprint density at radius 1 is 1.22 bits per heavy atom. The lowest BCUT2D eigenvalue weighted by molar-refractivity contribution is -0.136. The Kier molecular flexibility index (Phi) is 6.15. The van der Waals surface area contributed by atoms with Crippen LogP contribution in [0.3, 0.4) is 0 Å². The Bertz CT molecular complexity index is 1060. The van der Waals surface area contributed by atoms with Gasteiger partial charge >= 0.3 is 0 Å². The first-order valence-electron chi connectivity index (χ1n) is 11.9. The highest BCUT2D eigenvalue weighted by atomic mass is 16.5. The molecule has 172 valence electrons. The molecule has 2 aromatic heterocycles. The van der Waals surface area contributed by atoms with Gasteiger partial charge in [-0.25, -0.2) is 9.50 Å². The van der Waals surface area contributed by atoms with Crippen LogP contribution < -0.4 is 5.56 Å². The van der Waals surface area contributed by atoms with Crippen molar-refractivity contribution >= 4 is 11.6 Å². The maximum atomic E-state index is 13.1. The molecular weight excluding hydrogens is 406 g/mol. The van der Waals surface area contributed by atoms with Crippen LogP contribution in [0.15, 0.2) is 23.0 Å². The zero-order valence-electron chi connectivity index (χ0n) is 18.9. The minimum absolute atomic E-state index is 0.0297. The van der Waals surface area contributed by atoms with Gasteiger partial charge in [0.2, 0.25) is 5.91 Å². The van der Waals surface area contributed by atoms with Gasteiger partial charge in [0.1, 0.15) is 6.61 Å². The van der Waals surface area contributed by atoms with E-state index in [2.05, 4.69) is 22.2 Å². The first kappa shape index (κ1) is 21.4. The average Bonchev–Trinajstić information content (AvgIpc) is 3.24. The number of aromatic amines is 1. The van der Waals surface area contributed by atoms with Crippen LogP contribution in [-0.4, -0.2) is 70.2 Å². The highest BCUT2D eigenvalue weighted by Crippen LogP contribution is 2.29. The Labute approximate surface area is 188 Å². The van der Waals surface area contributed by atoms with Crippen molar-refractivity contribution in [2.45, 2.75) is 51.0 Å². The molecule has 5 rings (SSSR count). The molecule has 4 heterocycles. The molecule has 3 aliphatic rings. The van der Waals surface area contributed by atoms with Gasteiger partial charge in [-0.2, -0.15) is 0 Å². The van der Waals surface area contributed by atoms with Gasteiger partial charge in [-0.3, -0.25) is 14.7 Å². The van der Waals surface area contributed by atoms with Crippen LogP contribution in [0.4, 0.5) is 0 Å². The Balaban J connectivity index is 1.28. The number of likely N-dealkylation sites (tertiary alicyclic amines) is 1. The molecule has 0 spiro atoms. The van der Waals surface area contributed by atoms with Gasteiger partial charge in [0.05, 0.1) is 12.2 Å². The summed E-state index contributed by atoms with van der Waals surface area (Å²) in [5, 5.41) is 3.35. The molecular formula is C24H33N5O3. The topological polar surface area (TPSA) is 82.9 Å². The van der Waals surface area contributed by atoms with Crippen molar-refractivity contribution in [1.29, 1.82) is 0 Å². The fourth-order valence-electron chi connectivity index (χ4n) is 5.46. The van der Waals surface area contributed by atoms with E-state index >= 15 is 0 Å². The SMILES string of the molecule is COCC(=O)N1CCc2c(nc3cc(C4CCN(C[C@@H]5CC=CCC5)CC4)[nH]n3c2=O)C1. The first-order chi connectivity index (χ1) is 15.6. The van der Waals surface area contributed by atoms with Crippen LogP contribution in [0.1, 0.15) is 55.0 Å². The lowest BCUT2D eigenvalue weighted by atomic mass is 9.90. The summed E-state index contributed by atoms with van der Waals surface area (Å²) in [6.45, 7) is 4.38. The van der Waals surface area contributed by atoms with Crippen LogP contribution in [0.2, 0.25) is 0 Å². The average molecular weight is 440 g/mol. The van der Waals surface area contributed by atoms with Crippen LogP contribution in [0, 0.1) is 5.92 Å². The number of ether oxygens (including phenoxy) is 1. The van der Waals surface area contributed by atoms with Crippen molar-refractivity contribution in [3.63, 3.8) is 0 Å². The number of rotatable bonds is 5. The zero-order chi connectivity index (χ0) is 22.1. The van der Waals surface area contributed by atoms with Gasteiger partial charge in [-0.1, -0.05) is 12.2 Å². The molecule has 0 bridgehead atoms. The van der Waals surface area contributed by atoms with Gasteiger partial charge < -0.3 is 14.5 Å². The molecule has 0 radical (unpaired) electrons. The first-order valence-corrected chi connectivity index (χ1v) is 11.9. The number of allylic oxidation sites excluding steroid dienone is 2. The predicted octanol–water partition coefficient (Wildman–Crippen LogP) is 2.09. The van der Waals surface area contributed by atoms with E-state index in [1.54, 1.807) is 9.42 Å². The molecule has 2 aromatic rings. The van der Waals surface area contributed by atoms with Gasteiger partial charge in [0, 0.05) is 43.4 Å². The molecule has 1 saturated heterocycles. The van der Waals surface area contributed by atoms with E-state index in [9.17, 15) is 9.59 Å². The molecule has 1 amide bonds. The minimum Gasteiger partial charge on any atom is -0.375 e. The number of H-pyrrole nitrogens is 1. The smallest absolute Gasteiger partial charge is 0.276 e. The lowest BCUT2D eigenvalue weighted by Crippen LogP contribution is -2.41. The zero-order valence-corrected chi connectivity index (χ0v) is 18.9. The number of fused-ring (bicyclic) bond motifs is 2. The van der Waals surface area contributed by atoms with E-state index in [0.717, 1.165) is 37.5 Å². The monoisotopic (exact) mass is 439 g/mol. The van der Waals surface area contributed by atoms with Crippen LogP contribution in [0.25, 0.3) is 5.65 Å². The summed E-state index contributed by atoms with van der Waals surface area (Å²) in [5.74, 6) is 1.16. The van der Waals surface area contributed by atoms with Gasteiger partial charge in [-0.05, 0) is 57.5 Å². The minimum atomic E-state index is -0.0640. The number of piperidine rings is 1. The summed E-state index contributed by atoms with van der Waals surface area (Å²) in [5.41, 5.74) is 3.16. The summed E-state index contributed by atoms with van der Waals surface area (Å²) < 4.78 is 6.57. The van der Waals surface area contributed by atoms with Crippen LogP contribution in [0.5, 0.6) is 0 Å². The highest BCUT2D eigenvalue weighted by Gasteiger charge is 2.27. The standard InChI is InChI=1S/C24H33N5O3/c1-32-16-23(30)28-12-9-19-21(15-28)25-22-13-20(26-29(22)24(19)31)18-7-10-27(11-8-18)14-17-5-3-2-4-6-17/h2-3,13,17-18,26H,4-12,14-16H2,1H3/t17-/m1/s1. The number of carbonyl (C=O) groups excluding carboxylic acids is 1. The van der Waals surface area contributed by atoms with Crippen molar-refractivity contribution in [3.05, 3.63) is 45.5 Å². The second-order valence-electron chi connectivity index (χ2n) is 9.47. The third kappa shape index (κ3) is 4.26. The number of methoxy groups -OCH3 is 1. The van der Waals surface area contributed by atoms with Crippen molar-refractivity contribution in [1.82, 2.24) is 24.4 Å². The molecule has 2 aliphatic heterocycles. The van der Waals surface area contributed by atoms with Gasteiger partial charge in [0.25, 0.3) is 5.56 Å². The fraction of sp³-hybridized carbons (Fsp3) is 0.625. The van der Waals surface area contributed by atoms with Crippen LogP contribution >= 0.6 is 0 Å². The lowest BCUT2D eigenvalue weighted by Gasteiger charge is -2.34. The maximum Gasteiger partial charge on any atom is 0.276 e. The molecule has 1 fully saturated rings. The van der Waals surface area contributed by atoms with E-state index in [1.807, 2.05) is 6.07 Å².